The zero-order valence-electron chi connectivity index (χ0n) is 15.6. The minimum Gasteiger partial charge on any atom is -0.493 e. The summed E-state index contributed by atoms with van der Waals surface area (Å²) in [5.74, 6) is 1.47. The average molecular weight is 364 g/mol. The second-order valence-electron chi connectivity index (χ2n) is 6.55. The van der Waals surface area contributed by atoms with Gasteiger partial charge in [0.15, 0.2) is 11.5 Å². The number of benzene rings is 1. The molecule has 3 N–H and O–H groups in total. The fraction of sp³-hybridized carbons (Fsp3) is 0.611. The van der Waals surface area contributed by atoms with E-state index < -0.39 is 0 Å². The van der Waals surface area contributed by atoms with Gasteiger partial charge >= 0.3 is 0 Å². The van der Waals surface area contributed by atoms with Crippen LogP contribution in [-0.2, 0) is 9.53 Å². The number of hydrazine groups is 1. The Kier molecular flexibility index (Phi) is 6.31. The molecule has 3 atom stereocenters. The zero-order chi connectivity index (χ0) is 18.5. The van der Waals surface area contributed by atoms with Crippen LogP contribution in [0.15, 0.2) is 18.2 Å². The molecule has 2 heterocycles. The van der Waals surface area contributed by atoms with Gasteiger partial charge in [-0.15, -0.1) is 0 Å². The molecule has 2 saturated heterocycles. The van der Waals surface area contributed by atoms with Crippen LogP contribution >= 0.6 is 0 Å². The maximum absolute atomic E-state index is 13.3. The first-order valence-corrected chi connectivity index (χ1v) is 8.93. The van der Waals surface area contributed by atoms with Crippen LogP contribution in [0.2, 0.25) is 0 Å². The van der Waals surface area contributed by atoms with E-state index in [0.29, 0.717) is 30.7 Å². The molecule has 26 heavy (non-hydrogen) atoms. The first kappa shape index (κ1) is 18.9. The summed E-state index contributed by atoms with van der Waals surface area (Å²) in [5, 5.41) is 3.38. The molecule has 0 bridgehead atoms. The molecule has 0 aromatic heterocycles. The molecule has 2 fully saturated rings. The van der Waals surface area contributed by atoms with Crippen LogP contribution in [-0.4, -0.2) is 65.6 Å². The molecule has 1 amide bonds. The van der Waals surface area contributed by atoms with Crippen molar-refractivity contribution in [1.29, 1.82) is 0 Å². The predicted octanol–water partition coefficient (Wildman–Crippen LogP) is 0.138. The van der Waals surface area contributed by atoms with Gasteiger partial charge < -0.3 is 24.4 Å². The van der Waals surface area contributed by atoms with Crippen molar-refractivity contribution in [2.45, 2.75) is 18.5 Å². The summed E-state index contributed by atoms with van der Waals surface area (Å²) in [6.07, 6.45) is 1.01. The third kappa shape index (κ3) is 3.78. The predicted molar refractivity (Wildman–Crippen MR) is 98.6 cm³/mol. The van der Waals surface area contributed by atoms with Crippen molar-refractivity contribution in [2.24, 2.45) is 5.92 Å². The molecule has 1 aromatic rings. The van der Waals surface area contributed by atoms with Gasteiger partial charge in [0.05, 0.1) is 20.8 Å². The first-order chi connectivity index (χ1) is 12.7. The van der Waals surface area contributed by atoms with Gasteiger partial charge in [0.2, 0.25) is 5.91 Å². The van der Waals surface area contributed by atoms with Crippen molar-refractivity contribution in [1.82, 2.24) is 16.2 Å². The van der Waals surface area contributed by atoms with Gasteiger partial charge in [0, 0.05) is 43.9 Å². The van der Waals surface area contributed by atoms with E-state index in [1.807, 2.05) is 18.2 Å². The third-order valence-corrected chi connectivity index (χ3v) is 5.11. The molecule has 2 aliphatic heterocycles. The molecule has 3 rings (SSSR count). The van der Waals surface area contributed by atoms with Gasteiger partial charge in [-0.25, -0.2) is 5.43 Å². The highest BCUT2D eigenvalue weighted by Gasteiger charge is 2.42. The summed E-state index contributed by atoms with van der Waals surface area (Å²) in [6, 6.07) is 5.55. The summed E-state index contributed by atoms with van der Waals surface area (Å²) in [7, 11) is 4.81. The lowest BCUT2D eigenvalue weighted by Crippen LogP contribution is -2.51. The highest BCUT2D eigenvalue weighted by Crippen LogP contribution is 2.32. The van der Waals surface area contributed by atoms with Gasteiger partial charge in [-0.05, 0) is 25.1 Å². The van der Waals surface area contributed by atoms with Crippen LogP contribution in [0.25, 0.3) is 0 Å². The first-order valence-electron chi connectivity index (χ1n) is 8.93. The number of hydrogen-bond donors (Lipinski definition) is 3. The van der Waals surface area contributed by atoms with Crippen molar-refractivity contribution in [3.63, 3.8) is 0 Å². The Morgan fingerprint density at radius 2 is 2.00 bits per heavy atom. The minimum absolute atomic E-state index is 0.0259. The van der Waals surface area contributed by atoms with Gasteiger partial charge in [0.1, 0.15) is 6.04 Å². The number of methoxy groups -OCH3 is 3. The van der Waals surface area contributed by atoms with Crippen molar-refractivity contribution in [3.8, 4) is 11.5 Å². The molecular weight excluding hydrogens is 336 g/mol. The highest BCUT2D eigenvalue weighted by atomic mass is 16.5. The summed E-state index contributed by atoms with van der Waals surface area (Å²) < 4.78 is 15.9. The Hall–Kier alpha value is -1.87. The maximum Gasteiger partial charge on any atom is 0.245 e. The van der Waals surface area contributed by atoms with E-state index in [0.717, 1.165) is 25.2 Å². The number of nitrogens with one attached hydrogen (secondary N) is 3. The molecule has 0 aliphatic carbocycles. The molecule has 1 aromatic carbocycles. The maximum atomic E-state index is 13.3. The molecule has 0 radical (unpaired) electrons. The Balaban J connectivity index is 1.84. The van der Waals surface area contributed by atoms with Gasteiger partial charge in [-0.1, -0.05) is 0 Å². The monoisotopic (exact) mass is 364 g/mol. The quantitative estimate of drug-likeness (QED) is 0.635. The number of piperidine rings is 1. The van der Waals surface area contributed by atoms with E-state index in [2.05, 4.69) is 16.2 Å². The molecule has 0 spiro atoms. The van der Waals surface area contributed by atoms with Gasteiger partial charge in [-0.2, -0.15) is 0 Å². The van der Waals surface area contributed by atoms with E-state index in [4.69, 9.17) is 14.2 Å². The topological polar surface area (TPSA) is 84.1 Å². The normalized spacial score (nSPS) is 24.8. The molecular formula is C18H28N4O4. The summed E-state index contributed by atoms with van der Waals surface area (Å²) in [4.78, 5) is 15.1. The zero-order valence-corrected chi connectivity index (χ0v) is 15.6. The Morgan fingerprint density at radius 3 is 2.73 bits per heavy atom. The summed E-state index contributed by atoms with van der Waals surface area (Å²) in [5.41, 5.74) is 7.24. The number of rotatable bonds is 7. The average Bonchev–Trinajstić information content (AvgIpc) is 3.12. The number of nitrogens with zero attached hydrogens (tertiary/aromatic N) is 1. The van der Waals surface area contributed by atoms with E-state index in [9.17, 15) is 4.79 Å². The molecule has 8 nitrogen and oxygen atoms in total. The van der Waals surface area contributed by atoms with Crippen molar-refractivity contribution in [3.05, 3.63) is 18.2 Å². The summed E-state index contributed by atoms with van der Waals surface area (Å²) >= 11 is 0. The fourth-order valence-electron chi connectivity index (χ4n) is 3.67. The lowest BCUT2D eigenvalue weighted by molar-refractivity contribution is -0.121. The molecule has 3 unspecified atom stereocenters. The largest absolute Gasteiger partial charge is 0.493 e. The number of amides is 1. The van der Waals surface area contributed by atoms with Crippen LogP contribution in [0, 0.1) is 5.92 Å². The number of carbonyl (C=O) groups excluding carboxylic acids is 1. The molecule has 8 heteroatoms. The number of hydrogen-bond acceptors (Lipinski definition) is 7. The standard InChI is InChI=1S/C18H28N4O4/c1-24-9-8-22(12-4-5-15(25-2)16(10-12)26-3)18(23)17-13-11-19-7-6-14(13)20-21-17/h4-5,10,13-14,17,19-21H,6-9,11H2,1-3H3. The van der Waals surface area contributed by atoms with Crippen molar-refractivity contribution < 1.29 is 19.0 Å². The number of carbonyl (C=O) groups is 1. The fourth-order valence-corrected chi connectivity index (χ4v) is 3.67. The van der Waals surface area contributed by atoms with E-state index in [1.165, 1.54) is 0 Å². The lowest BCUT2D eigenvalue weighted by atomic mass is 9.88. The highest BCUT2D eigenvalue weighted by molar-refractivity contribution is 5.98. The second kappa shape index (κ2) is 8.68. The molecule has 144 valence electrons. The number of anilines is 1. The lowest BCUT2D eigenvalue weighted by Gasteiger charge is -2.31. The smallest absolute Gasteiger partial charge is 0.245 e. The molecule has 2 aliphatic rings. The van der Waals surface area contributed by atoms with E-state index in [-0.39, 0.29) is 17.9 Å². The van der Waals surface area contributed by atoms with Crippen LogP contribution in [0.4, 0.5) is 5.69 Å². The minimum atomic E-state index is -0.280. The van der Waals surface area contributed by atoms with Crippen LogP contribution in [0.1, 0.15) is 6.42 Å². The van der Waals surface area contributed by atoms with Crippen molar-refractivity contribution in [2.75, 3.05) is 52.5 Å². The van der Waals surface area contributed by atoms with Gasteiger partial charge in [-0.3, -0.25) is 10.2 Å². The summed E-state index contributed by atoms with van der Waals surface area (Å²) in [6.45, 7) is 2.71. The molecule has 0 saturated carbocycles. The number of fused-ring (bicyclic) bond motifs is 1. The Morgan fingerprint density at radius 1 is 1.19 bits per heavy atom. The third-order valence-electron chi connectivity index (χ3n) is 5.11. The second-order valence-corrected chi connectivity index (χ2v) is 6.55. The van der Waals surface area contributed by atoms with Gasteiger partial charge in [0.25, 0.3) is 0 Å². The van der Waals surface area contributed by atoms with Crippen LogP contribution in [0.3, 0.4) is 0 Å². The van der Waals surface area contributed by atoms with E-state index >= 15 is 0 Å². The SMILES string of the molecule is COCCN(C(=O)C1NNC2CCNCC21)c1ccc(OC)c(OC)c1. The number of ether oxygens (including phenoxy) is 3. The van der Waals surface area contributed by atoms with Crippen LogP contribution in [0.5, 0.6) is 11.5 Å². The van der Waals surface area contributed by atoms with E-state index in [1.54, 1.807) is 26.2 Å². The van der Waals surface area contributed by atoms with Crippen molar-refractivity contribution >= 4 is 11.6 Å². The Bertz CT molecular complexity index is 627. The van der Waals surface area contributed by atoms with Crippen LogP contribution < -0.4 is 30.5 Å². The Labute approximate surface area is 154 Å².